The lowest BCUT2D eigenvalue weighted by atomic mass is 9.87. The summed E-state index contributed by atoms with van der Waals surface area (Å²) in [5.74, 6) is 1.85. The van der Waals surface area contributed by atoms with Crippen molar-refractivity contribution in [2.24, 2.45) is 0 Å². The summed E-state index contributed by atoms with van der Waals surface area (Å²) in [4.78, 5) is 27.5. The largest absolute Gasteiger partial charge is 0.497 e. The lowest BCUT2D eigenvalue weighted by Crippen LogP contribution is -2.52. The van der Waals surface area contributed by atoms with Crippen LogP contribution in [-0.2, 0) is 11.2 Å². The zero-order valence-corrected chi connectivity index (χ0v) is 19.5. The maximum absolute atomic E-state index is 13.4. The van der Waals surface area contributed by atoms with Gasteiger partial charge in [-0.1, -0.05) is 12.1 Å². The number of amides is 3. The zero-order chi connectivity index (χ0) is 23.5. The summed E-state index contributed by atoms with van der Waals surface area (Å²) in [6, 6.07) is 10.6. The number of benzene rings is 2. The molecule has 0 spiro atoms. The highest BCUT2D eigenvalue weighted by atomic mass is 16.5. The van der Waals surface area contributed by atoms with Crippen molar-refractivity contribution in [2.45, 2.75) is 44.3 Å². The van der Waals surface area contributed by atoms with E-state index < -0.39 is 6.04 Å². The summed E-state index contributed by atoms with van der Waals surface area (Å²) in [7, 11) is 4.83. The number of carbonyl (C=O) groups excluding carboxylic acids is 2. The highest BCUT2D eigenvalue weighted by molar-refractivity contribution is 5.87. The minimum Gasteiger partial charge on any atom is -0.497 e. The van der Waals surface area contributed by atoms with Crippen molar-refractivity contribution in [3.63, 3.8) is 0 Å². The maximum Gasteiger partial charge on any atom is 0.318 e. The molecule has 1 unspecified atom stereocenters. The van der Waals surface area contributed by atoms with Crippen LogP contribution >= 0.6 is 0 Å². The molecule has 1 aliphatic heterocycles. The van der Waals surface area contributed by atoms with Crippen LogP contribution in [0, 0.1) is 0 Å². The first kappa shape index (κ1) is 22.8. The molecule has 2 atom stereocenters. The van der Waals surface area contributed by atoms with Crippen molar-refractivity contribution < 1.29 is 23.8 Å². The first-order chi connectivity index (χ1) is 15.9. The third-order valence-corrected chi connectivity index (χ3v) is 6.22. The monoisotopic (exact) mass is 453 g/mol. The third-order valence-electron chi connectivity index (χ3n) is 6.22. The van der Waals surface area contributed by atoms with Crippen LogP contribution < -0.4 is 24.8 Å². The highest BCUT2D eigenvalue weighted by Crippen LogP contribution is 2.41. The van der Waals surface area contributed by atoms with Gasteiger partial charge in [0.1, 0.15) is 11.8 Å². The van der Waals surface area contributed by atoms with Gasteiger partial charge in [0.25, 0.3) is 0 Å². The Morgan fingerprint density at radius 3 is 2.27 bits per heavy atom. The molecule has 1 aliphatic carbocycles. The SMILES string of the molecule is COc1ccc(C2c3cc(OC)c(OC)cc3CCN2C(=O)N[C@@H](C)C(=O)NC2CC2)cc1. The van der Waals surface area contributed by atoms with Crippen molar-refractivity contribution in [1.82, 2.24) is 15.5 Å². The molecule has 0 radical (unpaired) electrons. The summed E-state index contributed by atoms with van der Waals surface area (Å²) in [5.41, 5.74) is 3.00. The van der Waals surface area contributed by atoms with E-state index in [2.05, 4.69) is 10.6 Å². The van der Waals surface area contributed by atoms with Crippen molar-refractivity contribution in [3.8, 4) is 17.2 Å². The molecule has 1 fully saturated rings. The van der Waals surface area contributed by atoms with Gasteiger partial charge < -0.3 is 29.7 Å². The van der Waals surface area contributed by atoms with Gasteiger partial charge in [-0.2, -0.15) is 0 Å². The average Bonchev–Trinajstić information content (AvgIpc) is 3.66. The molecule has 1 heterocycles. The number of carbonyl (C=O) groups is 2. The zero-order valence-electron chi connectivity index (χ0n) is 19.5. The van der Waals surface area contributed by atoms with Crippen molar-refractivity contribution in [3.05, 3.63) is 53.1 Å². The molecule has 2 aromatic carbocycles. The topological polar surface area (TPSA) is 89.1 Å². The minimum atomic E-state index is -0.624. The number of nitrogens with zero attached hydrogens (tertiary/aromatic N) is 1. The number of hydrogen-bond donors (Lipinski definition) is 2. The van der Waals surface area contributed by atoms with Crippen molar-refractivity contribution in [1.29, 1.82) is 0 Å². The molecule has 0 aromatic heterocycles. The smallest absolute Gasteiger partial charge is 0.318 e. The summed E-state index contributed by atoms with van der Waals surface area (Å²) < 4.78 is 16.3. The van der Waals surface area contributed by atoms with Gasteiger partial charge in [0.2, 0.25) is 5.91 Å². The Balaban J connectivity index is 1.66. The second-order valence-corrected chi connectivity index (χ2v) is 8.48. The van der Waals surface area contributed by atoms with Gasteiger partial charge in [0.15, 0.2) is 11.5 Å². The number of urea groups is 1. The third kappa shape index (κ3) is 4.84. The van der Waals surface area contributed by atoms with Crippen LogP contribution in [0.5, 0.6) is 17.2 Å². The molecule has 8 nitrogen and oxygen atoms in total. The quantitative estimate of drug-likeness (QED) is 0.673. The Morgan fingerprint density at radius 2 is 1.67 bits per heavy atom. The molecule has 4 rings (SSSR count). The first-order valence-corrected chi connectivity index (χ1v) is 11.2. The van der Waals surface area contributed by atoms with Gasteiger partial charge in [-0.3, -0.25) is 4.79 Å². The fraction of sp³-hybridized carbons (Fsp3) is 0.440. The van der Waals surface area contributed by atoms with Crippen LogP contribution in [0.2, 0.25) is 0 Å². The first-order valence-electron chi connectivity index (χ1n) is 11.2. The minimum absolute atomic E-state index is 0.157. The lowest BCUT2D eigenvalue weighted by molar-refractivity contribution is -0.122. The summed E-state index contributed by atoms with van der Waals surface area (Å²) in [5, 5.41) is 5.83. The number of nitrogens with one attached hydrogen (secondary N) is 2. The molecule has 2 N–H and O–H groups in total. The predicted octanol–water partition coefficient (Wildman–Crippen LogP) is 3.04. The van der Waals surface area contributed by atoms with E-state index in [9.17, 15) is 9.59 Å². The van der Waals surface area contributed by atoms with Crippen LogP contribution in [0.25, 0.3) is 0 Å². The van der Waals surface area contributed by atoms with Gasteiger partial charge in [-0.25, -0.2) is 4.79 Å². The second kappa shape index (κ2) is 9.60. The second-order valence-electron chi connectivity index (χ2n) is 8.48. The Kier molecular flexibility index (Phi) is 6.62. The van der Waals surface area contributed by atoms with Crippen molar-refractivity contribution in [2.75, 3.05) is 27.9 Å². The van der Waals surface area contributed by atoms with E-state index in [1.807, 2.05) is 36.4 Å². The molecule has 1 saturated carbocycles. The average molecular weight is 454 g/mol. The molecule has 176 valence electrons. The highest BCUT2D eigenvalue weighted by Gasteiger charge is 2.35. The van der Waals surface area contributed by atoms with Gasteiger partial charge in [0, 0.05) is 12.6 Å². The van der Waals surface area contributed by atoms with Gasteiger partial charge in [0.05, 0.1) is 27.4 Å². The van der Waals surface area contributed by atoms with Crippen LogP contribution in [-0.4, -0.2) is 56.8 Å². The Bertz CT molecular complexity index is 1020. The van der Waals surface area contributed by atoms with E-state index in [0.29, 0.717) is 24.5 Å². The fourth-order valence-corrected chi connectivity index (χ4v) is 4.20. The molecule has 3 amide bonds. The number of rotatable bonds is 7. The molecule has 0 saturated heterocycles. The van der Waals surface area contributed by atoms with Gasteiger partial charge >= 0.3 is 6.03 Å². The van der Waals surface area contributed by atoms with E-state index in [4.69, 9.17) is 14.2 Å². The summed E-state index contributed by atoms with van der Waals surface area (Å²) >= 11 is 0. The normalized spacial score (nSPS) is 18.1. The summed E-state index contributed by atoms with van der Waals surface area (Å²) in [6.45, 7) is 2.21. The van der Waals surface area contributed by atoms with Crippen LogP contribution in [0.3, 0.4) is 0 Å². The number of fused-ring (bicyclic) bond motifs is 1. The molecule has 8 heteroatoms. The van der Waals surface area contributed by atoms with E-state index in [-0.39, 0.29) is 24.0 Å². The van der Waals surface area contributed by atoms with Crippen LogP contribution in [0.4, 0.5) is 4.79 Å². The van der Waals surface area contributed by atoms with Crippen molar-refractivity contribution >= 4 is 11.9 Å². The molecule has 33 heavy (non-hydrogen) atoms. The van der Waals surface area contributed by atoms with E-state index >= 15 is 0 Å². The Hall–Kier alpha value is -3.42. The molecular formula is C25H31N3O5. The van der Waals surface area contributed by atoms with E-state index in [1.54, 1.807) is 33.2 Å². The standard InChI is InChI=1S/C25H31N3O5/c1-15(24(29)27-18-7-8-18)26-25(30)28-12-11-17-13-21(32-3)22(33-4)14-20(17)23(28)16-5-9-19(31-2)10-6-16/h5-6,9-10,13-15,18,23H,7-8,11-12H2,1-4H3,(H,26,30)(H,27,29)/t15-,23?/m0/s1. The molecule has 2 aromatic rings. The molecule has 2 aliphatic rings. The molecule has 0 bridgehead atoms. The number of ether oxygens (including phenoxy) is 3. The van der Waals surface area contributed by atoms with Crippen LogP contribution in [0.1, 0.15) is 42.5 Å². The predicted molar refractivity (Wildman–Crippen MR) is 124 cm³/mol. The molecular weight excluding hydrogens is 422 g/mol. The number of methoxy groups -OCH3 is 3. The van der Waals surface area contributed by atoms with Crippen LogP contribution in [0.15, 0.2) is 36.4 Å². The lowest BCUT2D eigenvalue weighted by Gasteiger charge is -2.38. The Labute approximate surface area is 194 Å². The van der Waals surface area contributed by atoms with E-state index in [0.717, 1.165) is 35.3 Å². The maximum atomic E-state index is 13.4. The van der Waals surface area contributed by atoms with E-state index in [1.165, 1.54) is 0 Å². The van der Waals surface area contributed by atoms with Gasteiger partial charge in [-0.05, 0) is 67.1 Å². The van der Waals surface area contributed by atoms with Gasteiger partial charge in [-0.15, -0.1) is 0 Å². The fourth-order valence-electron chi connectivity index (χ4n) is 4.20. The Morgan fingerprint density at radius 1 is 1.00 bits per heavy atom. The summed E-state index contributed by atoms with van der Waals surface area (Å²) in [6.07, 6.45) is 2.67. The number of hydrogen-bond acceptors (Lipinski definition) is 5.